The van der Waals surface area contributed by atoms with Crippen LogP contribution in [-0.4, -0.2) is 67.3 Å². The Labute approximate surface area is 148 Å². The summed E-state index contributed by atoms with van der Waals surface area (Å²) in [7, 11) is 1.62. The maximum Gasteiger partial charge on any atom is 0.228 e. The second kappa shape index (κ2) is 6.78. The minimum atomic E-state index is 0.0703. The highest BCUT2D eigenvalue weighted by Gasteiger charge is 2.44. The molecule has 0 saturated carbocycles. The fourth-order valence-corrected chi connectivity index (χ4v) is 4.46. The number of nitrogens with zero attached hydrogens (tertiary/aromatic N) is 4. The second-order valence-electron chi connectivity index (χ2n) is 7.51. The Hall–Kier alpha value is -1.89. The smallest absolute Gasteiger partial charge is 0.228 e. The molecule has 4 rings (SSSR count). The molecule has 1 spiro atoms. The molecule has 136 valence electrons. The van der Waals surface area contributed by atoms with Crippen LogP contribution in [0, 0.1) is 11.3 Å². The predicted octanol–water partition coefficient (Wildman–Crippen LogP) is 1.34. The molecule has 1 aromatic rings. The molecule has 0 radical (unpaired) electrons. The van der Waals surface area contributed by atoms with Crippen molar-refractivity contribution >= 4 is 11.7 Å². The van der Waals surface area contributed by atoms with Crippen LogP contribution in [0.1, 0.15) is 25.7 Å². The SMILES string of the molecule is COc1cc(N2CCC[C@]3(CCN(C(=O)[C@H]4CCOC4)C3)C2)ncn1. The monoisotopic (exact) mass is 346 g/mol. The van der Waals surface area contributed by atoms with Gasteiger partial charge in [-0.25, -0.2) is 9.97 Å². The Morgan fingerprint density at radius 3 is 3.04 bits per heavy atom. The fraction of sp³-hybridized carbons (Fsp3) is 0.722. The highest BCUT2D eigenvalue weighted by atomic mass is 16.5. The third-order valence-corrected chi connectivity index (χ3v) is 5.85. The van der Waals surface area contributed by atoms with Gasteiger partial charge in [0.15, 0.2) is 0 Å². The molecule has 0 aromatic carbocycles. The third-order valence-electron chi connectivity index (χ3n) is 5.85. The normalized spacial score (nSPS) is 29.4. The van der Waals surface area contributed by atoms with Crippen LogP contribution in [0.4, 0.5) is 5.82 Å². The average molecular weight is 346 g/mol. The van der Waals surface area contributed by atoms with Crippen molar-refractivity contribution in [2.45, 2.75) is 25.7 Å². The first-order valence-electron chi connectivity index (χ1n) is 9.17. The van der Waals surface area contributed by atoms with E-state index in [9.17, 15) is 4.79 Å². The van der Waals surface area contributed by atoms with Crippen molar-refractivity contribution in [3.8, 4) is 5.88 Å². The zero-order valence-electron chi connectivity index (χ0n) is 14.8. The van der Waals surface area contributed by atoms with Crippen LogP contribution in [-0.2, 0) is 9.53 Å². The molecule has 0 unspecified atom stereocenters. The van der Waals surface area contributed by atoms with Crippen LogP contribution in [0.15, 0.2) is 12.4 Å². The fourth-order valence-electron chi connectivity index (χ4n) is 4.46. The maximum atomic E-state index is 12.7. The molecule has 0 aliphatic carbocycles. The first-order chi connectivity index (χ1) is 12.2. The van der Waals surface area contributed by atoms with Gasteiger partial charge in [0, 0.05) is 44.3 Å². The molecule has 3 saturated heterocycles. The summed E-state index contributed by atoms with van der Waals surface area (Å²) < 4.78 is 10.6. The quantitative estimate of drug-likeness (QED) is 0.823. The van der Waals surface area contributed by atoms with Gasteiger partial charge in [-0.2, -0.15) is 0 Å². The number of anilines is 1. The topological polar surface area (TPSA) is 67.8 Å². The Morgan fingerprint density at radius 1 is 1.32 bits per heavy atom. The zero-order chi connectivity index (χ0) is 17.3. The van der Waals surface area contributed by atoms with E-state index in [0.29, 0.717) is 12.5 Å². The van der Waals surface area contributed by atoms with Crippen LogP contribution >= 0.6 is 0 Å². The van der Waals surface area contributed by atoms with E-state index in [1.165, 1.54) is 6.42 Å². The molecule has 1 aromatic heterocycles. The molecule has 7 heteroatoms. The van der Waals surface area contributed by atoms with Gasteiger partial charge in [-0.1, -0.05) is 0 Å². The molecular weight excluding hydrogens is 320 g/mol. The number of piperidine rings is 1. The van der Waals surface area contributed by atoms with E-state index in [4.69, 9.17) is 9.47 Å². The van der Waals surface area contributed by atoms with Crippen LogP contribution < -0.4 is 9.64 Å². The van der Waals surface area contributed by atoms with E-state index < -0.39 is 0 Å². The highest BCUT2D eigenvalue weighted by molar-refractivity contribution is 5.79. The molecular formula is C18H26N4O3. The van der Waals surface area contributed by atoms with Crippen molar-refractivity contribution in [1.29, 1.82) is 0 Å². The molecule has 3 fully saturated rings. The lowest BCUT2D eigenvalue weighted by Crippen LogP contribution is -2.46. The van der Waals surface area contributed by atoms with Gasteiger partial charge in [-0.3, -0.25) is 4.79 Å². The predicted molar refractivity (Wildman–Crippen MR) is 92.6 cm³/mol. The standard InChI is InChI=1S/C18H26N4O3/c1-24-16-9-15(19-13-20-16)21-6-2-4-18(11-21)5-7-22(12-18)17(23)14-3-8-25-10-14/h9,13-14H,2-8,10-12H2,1H3/t14-,18-/m0/s1. The summed E-state index contributed by atoms with van der Waals surface area (Å²) >= 11 is 0. The summed E-state index contributed by atoms with van der Waals surface area (Å²) in [6.07, 6.45) is 5.80. The number of methoxy groups -OCH3 is 1. The third kappa shape index (κ3) is 3.29. The van der Waals surface area contributed by atoms with Crippen molar-refractivity contribution in [2.75, 3.05) is 51.4 Å². The molecule has 3 aliphatic rings. The van der Waals surface area contributed by atoms with Crippen LogP contribution in [0.2, 0.25) is 0 Å². The Kier molecular flexibility index (Phi) is 4.50. The number of carbonyl (C=O) groups excluding carboxylic acids is 1. The van der Waals surface area contributed by atoms with Crippen molar-refractivity contribution < 1.29 is 14.3 Å². The number of carbonyl (C=O) groups is 1. The summed E-state index contributed by atoms with van der Waals surface area (Å²) in [6.45, 7) is 4.98. The summed E-state index contributed by atoms with van der Waals surface area (Å²) in [6, 6.07) is 1.90. The lowest BCUT2D eigenvalue weighted by molar-refractivity contribution is -0.134. The number of likely N-dealkylation sites (tertiary alicyclic amines) is 1. The molecule has 0 N–H and O–H groups in total. The van der Waals surface area contributed by atoms with Crippen LogP contribution in [0.3, 0.4) is 0 Å². The van der Waals surface area contributed by atoms with Gasteiger partial charge in [0.2, 0.25) is 11.8 Å². The summed E-state index contributed by atoms with van der Waals surface area (Å²) in [5.41, 5.74) is 0.186. The Bertz CT molecular complexity index is 635. The van der Waals surface area contributed by atoms with E-state index in [0.717, 1.165) is 57.9 Å². The summed E-state index contributed by atoms with van der Waals surface area (Å²) in [5.74, 6) is 1.87. The lowest BCUT2D eigenvalue weighted by atomic mass is 9.79. The Balaban J connectivity index is 1.44. The number of rotatable bonds is 3. The van der Waals surface area contributed by atoms with Crippen molar-refractivity contribution in [3.05, 3.63) is 12.4 Å². The minimum absolute atomic E-state index is 0.0703. The van der Waals surface area contributed by atoms with Gasteiger partial charge in [-0.05, 0) is 25.7 Å². The van der Waals surface area contributed by atoms with Gasteiger partial charge in [0.05, 0.1) is 19.6 Å². The van der Waals surface area contributed by atoms with Crippen molar-refractivity contribution in [3.63, 3.8) is 0 Å². The number of hydrogen-bond acceptors (Lipinski definition) is 6. The zero-order valence-corrected chi connectivity index (χ0v) is 14.8. The maximum absolute atomic E-state index is 12.7. The first-order valence-corrected chi connectivity index (χ1v) is 9.17. The van der Waals surface area contributed by atoms with Gasteiger partial charge in [-0.15, -0.1) is 0 Å². The molecule has 25 heavy (non-hydrogen) atoms. The average Bonchev–Trinajstić information content (AvgIpc) is 3.32. The van der Waals surface area contributed by atoms with E-state index in [2.05, 4.69) is 19.8 Å². The highest BCUT2D eigenvalue weighted by Crippen LogP contribution is 2.40. The van der Waals surface area contributed by atoms with E-state index >= 15 is 0 Å². The number of amides is 1. The lowest BCUT2D eigenvalue weighted by Gasteiger charge is -2.41. The first kappa shape index (κ1) is 16.6. The van der Waals surface area contributed by atoms with Gasteiger partial charge in [0.1, 0.15) is 12.1 Å². The van der Waals surface area contributed by atoms with Crippen molar-refractivity contribution in [2.24, 2.45) is 11.3 Å². The van der Waals surface area contributed by atoms with E-state index in [-0.39, 0.29) is 17.2 Å². The molecule has 0 bridgehead atoms. The van der Waals surface area contributed by atoms with Gasteiger partial charge >= 0.3 is 0 Å². The molecule has 2 atom stereocenters. The van der Waals surface area contributed by atoms with E-state index in [1.807, 2.05) is 6.07 Å². The van der Waals surface area contributed by atoms with Crippen LogP contribution in [0.25, 0.3) is 0 Å². The van der Waals surface area contributed by atoms with Gasteiger partial charge in [0.25, 0.3) is 0 Å². The molecule has 7 nitrogen and oxygen atoms in total. The van der Waals surface area contributed by atoms with Gasteiger partial charge < -0.3 is 19.3 Å². The molecule has 4 heterocycles. The molecule has 3 aliphatic heterocycles. The molecule has 1 amide bonds. The summed E-state index contributed by atoms with van der Waals surface area (Å²) in [5, 5.41) is 0. The Morgan fingerprint density at radius 2 is 2.24 bits per heavy atom. The number of hydrogen-bond donors (Lipinski definition) is 0. The van der Waals surface area contributed by atoms with Crippen molar-refractivity contribution in [1.82, 2.24) is 14.9 Å². The second-order valence-corrected chi connectivity index (χ2v) is 7.51. The van der Waals surface area contributed by atoms with Crippen LogP contribution in [0.5, 0.6) is 5.88 Å². The number of ether oxygens (including phenoxy) is 2. The minimum Gasteiger partial charge on any atom is -0.481 e. The number of aromatic nitrogens is 2. The summed E-state index contributed by atoms with van der Waals surface area (Å²) in [4.78, 5) is 25.6. The van der Waals surface area contributed by atoms with E-state index in [1.54, 1.807) is 13.4 Å². The largest absolute Gasteiger partial charge is 0.481 e.